The Kier molecular flexibility index (Phi) is 3.16. The van der Waals surface area contributed by atoms with Crippen LogP contribution >= 0.6 is 0 Å². The molecule has 0 bridgehead atoms. The Bertz CT molecular complexity index is 83.3. The summed E-state index contributed by atoms with van der Waals surface area (Å²) < 4.78 is 5.31. The summed E-state index contributed by atoms with van der Waals surface area (Å²) in [7, 11) is 0. The van der Waals surface area contributed by atoms with Gasteiger partial charge in [-0.05, 0) is 18.8 Å². The molecule has 0 amide bonds. The predicted octanol–water partition coefficient (Wildman–Crippen LogP) is 1.18. The van der Waals surface area contributed by atoms with Gasteiger partial charge in [-0.2, -0.15) is 0 Å². The molecule has 1 aliphatic heterocycles. The Morgan fingerprint density at radius 2 is 2.40 bits per heavy atom. The number of hydrogen-bond acceptors (Lipinski definition) is 2. The van der Waals surface area contributed by atoms with Crippen LogP contribution < -0.4 is 0 Å². The maximum atomic E-state index is 8.78. The van der Waals surface area contributed by atoms with Crippen molar-refractivity contribution in [3.05, 3.63) is 0 Å². The molecule has 0 radical (unpaired) electrons. The number of ether oxygens (including phenoxy) is 1. The molecular formula is C8H16O2. The van der Waals surface area contributed by atoms with Crippen LogP contribution in [0.4, 0.5) is 0 Å². The number of hydrogen-bond donors (Lipinski definition) is 1. The Labute approximate surface area is 62.2 Å². The molecule has 2 unspecified atom stereocenters. The second-order valence-electron chi connectivity index (χ2n) is 2.97. The van der Waals surface area contributed by atoms with E-state index in [1.54, 1.807) is 0 Å². The summed E-state index contributed by atoms with van der Waals surface area (Å²) in [6.07, 6.45) is 3.57. The largest absolute Gasteiger partial charge is 0.394 e. The normalized spacial score (nSPS) is 34.2. The zero-order valence-electron chi connectivity index (χ0n) is 6.55. The molecule has 10 heavy (non-hydrogen) atoms. The molecule has 0 saturated carbocycles. The van der Waals surface area contributed by atoms with E-state index in [2.05, 4.69) is 6.92 Å². The zero-order valence-corrected chi connectivity index (χ0v) is 6.55. The number of rotatable bonds is 2. The Hall–Kier alpha value is -0.0800. The number of aliphatic hydroxyl groups excluding tert-OH is 1. The van der Waals surface area contributed by atoms with Crippen molar-refractivity contribution in [1.82, 2.24) is 0 Å². The monoisotopic (exact) mass is 144 g/mol. The summed E-state index contributed by atoms with van der Waals surface area (Å²) in [5.41, 5.74) is 0. The van der Waals surface area contributed by atoms with Crippen molar-refractivity contribution in [3.63, 3.8) is 0 Å². The SMILES string of the molecule is CCC1CCOC(CO)C1. The van der Waals surface area contributed by atoms with Crippen LogP contribution in [0.25, 0.3) is 0 Å². The van der Waals surface area contributed by atoms with Gasteiger partial charge in [0.25, 0.3) is 0 Å². The minimum atomic E-state index is 0.124. The highest BCUT2D eigenvalue weighted by Crippen LogP contribution is 2.22. The van der Waals surface area contributed by atoms with Gasteiger partial charge in [-0.1, -0.05) is 13.3 Å². The molecule has 0 aliphatic carbocycles. The molecule has 0 aromatic heterocycles. The van der Waals surface area contributed by atoms with E-state index in [9.17, 15) is 0 Å². The van der Waals surface area contributed by atoms with Crippen LogP contribution in [-0.4, -0.2) is 24.4 Å². The van der Waals surface area contributed by atoms with Gasteiger partial charge in [0.15, 0.2) is 0 Å². The first-order valence-electron chi connectivity index (χ1n) is 4.09. The molecule has 1 saturated heterocycles. The molecule has 1 N–H and O–H groups in total. The highest BCUT2D eigenvalue weighted by Gasteiger charge is 2.19. The van der Waals surface area contributed by atoms with Gasteiger partial charge in [0, 0.05) is 6.61 Å². The van der Waals surface area contributed by atoms with Gasteiger partial charge in [0.2, 0.25) is 0 Å². The fraction of sp³-hybridized carbons (Fsp3) is 1.00. The molecule has 60 valence electrons. The van der Waals surface area contributed by atoms with Gasteiger partial charge >= 0.3 is 0 Å². The third kappa shape index (κ3) is 1.96. The van der Waals surface area contributed by atoms with Crippen molar-refractivity contribution < 1.29 is 9.84 Å². The van der Waals surface area contributed by atoms with Crippen molar-refractivity contribution in [2.24, 2.45) is 5.92 Å². The first-order valence-corrected chi connectivity index (χ1v) is 4.09. The summed E-state index contributed by atoms with van der Waals surface area (Å²) in [6, 6.07) is 0. The van der Waals surface area contributed by atoms with Gasteiger partial charge in [0.05, 0.1) is 12.7 Å². The fourth-order valence-corrected chi connectivity index (χ4v) is 1.46. The van der Waals surface area contributed by atoms with Crippen molar-refractivity contribution in [3.8, 4) is 0 Å². The number of aliphatic hydroxyl groups is 1. The average Bonchev–Trinajstić information content (AvgIpc) is 2.05. The lowest BCUT2D eigenvalue weighted by atomic mass is 9.94. The van der Waals surface area contributed by atoms with Crippen LogP contribution in [0.1, 0.15) is 26.2 Å². The van der Waals surface area contributed by atoms with E-state index in [4.69, 9.17) is 9.84 Å². The highest BCUT2D eigenvalue weighted by atomic mass is 16.5. The van der Waals surface area contributed by atoms with E-state index >= 15 is 0 Å². The molecule has 0 aromatic carbocycles. The van der Waals surface area contributed by atoms with Crippen molar-refractivity contribution in [2.45, 2.75) is 32.3 Å². The Morgan fingerprint density at radius 3 is 3.00 bits per heavy atom. The molecule has 1 fully saturated rings. The lowest BCUT2D eigenvalue weighted by Gasteiger charge is -2.27. The first-order chi connectivity index (χ1) is 4.86. The van der Waals surface area contributed by atoms with E-state index < -0.39 is 0 Å². The lowest BCUT2D eigenvalue weighted by molar-refractivity contribution is -0.0381. The van der Waals surface area contributed by atoms with Crippen LogP contribution in [0.2, 0.25) is 0 Å². The summed E-state index contributed by atoms with van der Waals surface area (Å²) >= 11 is 0. The van der Waals surface area contributed by atoms with E-state index in [0.717, 1.165) is 18.9 Å². The summed E-state index contributed by atoms with van der Waals surface area (Å²) in [5, 5.41) is 8.78. The molecule has 1 heterocycles. The molecule has 0 spiro atoms. The van der Waals surface area contributed by atoms with Crippen molar-refractivity contribution in [1.29, 1.82) is 0 Å². The smallest absolute Gasteiger partial charge is 0.0808 e. The summed E-state index contributed by atoms with van der Waals surface area (Å²) in [5.74, 6) is 0.783. The molecule has 1 rings (SSSR count). The van der Waals surface area contributed by atoms with Crippen molar-refractivity contribution in [2.75, 3.05) is 13.2 Å². The van der Waals surface area contributed by atoms with Crippen molar-refractivity contribution >= 4 is 0 Å². The van der Waals surface area contributed by atoms with E-state index in [1.165, 1.54) is 12.8 Å². The second kappa shape index (κ2) is 3.94. The highest BCUT2D eigenvalue weighted by molar-refractivity contribution is 4.69. The minimum absolute atomic E-state index is 0.124. The molecule has 2 nitrogen and oxygen atoms in total. The van der Waals surface area contributed by atoms with Crippen LogP contribution in [0.5, 0.6) is 0 Å². The van der Waals surface area contributed by atoms with Gasteiger partial charge in [-0.3, -0.25) is 0 Å². The minimum Gasteiger partial charge on any atom is -0.394 e. The van der Waals surface area contributed by atoms with E-state index in [0.29, 0.717) is 0 Å². The Balaban J connectivity index is 2.25. The van der Waals surface area contributed by atoms with Crippen LogP contribution in [-0.2, 0) is 4.74 Å². The maximum absolute atomic E-state index is 8.78. The standard InChI is InChI=1S/C8H16O2/c1-2-7-3-4-10-8(5-7)6-9/h7-9H,2-6H2,1H3. The molecule has 2 heteroatoms. The van der Waals surface area contributed by atoms with Gasteiger partial charge in [-0.15, -0.1) is 0 Å². The molecular weight excluding hydrogens is 128 g/mol. The summed E-state index contributed by atoms with van der Waals surface area (Å²) in [6.45, 7) is 3.23. The zero-order chi connectivity index (χ0) is 7.40. The van der Waals surface area contributed by atoms with E-state index in [1.807, 2.05) is 0 Å². The maximum Gasteiger partial charge on any atom is 0.0808 e. The van der Waals surface area contributed by atoms with Crippen LogP contribution in [0, 0.1) is 5.92 Å². The molecule has 0 aromatic rings. The topological polar surface area (TPSA) is 29.5 Å². The van der Waals surface area contributed by atoms with Crippen LogP contribution in [0.15, 0.2) is 0 Å². The molecule has 1 aliphatic rings. The van der Waals surface area contributed by atoms with Gasteiger partial charge in [-0.25, -0.2) is 0 Å². The van der Waals surface area contributed by atoms with E-state index in [-0.39, 0.29) is 12.7 Å². The third-order valence-electron chi connectivity index (χ3n) is 2.26. The fourth-order valence-electron chi connectivity index (χ4n) is 1.46. The lowest BCUT2D eigenvalue weighted by Crippen LogP contribution is -2.28. The quantitative estimate of drug-likeness (QED) is 0.630. The summed E-state index contributed by atoms with van der Waals surface area (Å²) in [4.78, 5) is 0. The first kappa shape index (κ1) is 8.02. The Morgan fingerprint density at radius 1 is 1.60 bits per heavy atom. The predicted molar refractivity (Wildman–Crippen MR) is 39.8 cm³/mol. The van der Waals surface area contributed by atoms with Crippen LogP contribution in [0.3, 0.4) is 0 Å². The van der Waals surface area contributed by atoms with Gasteiger partial charge < -0.3 is 9.84 Å². The average molecular weight is 144 g/mol. The van der Waals surface area contributed by atoms with Gasteiger partial charge in [0.1, 0.15) is 0 Å². The third-order valence-corrected chi connectivity index (χ3v) is 2.26. The second-order valence-corrected chi connectivity index (χ2v) is 2.97. The molecule has 2 atom stereocenters.